The molecule has 2 atom stereocenters. The molecular formula is C11H20N2O4. The van der Waals surface area contributed by atoms with Gasteiger partial charge in [-0.3, -0.25) is 0 Å². The Kier molecular flexibility index (Phi) is 4.34. The van der Waals surface area contributed by atoms with Crippen LogP contribution in [0.3, 0.4) is 0 Å². The summed E-state index contributed by atoms with van der Waals surface area (Å²) in [6, 6.07) is -1.21. The molecule has 1 saturated heterocycles. The molecule has 0 aromatic heterocycles. The molecule has 98 valence electrons. The van der Waals surface area contributed by atoms with Crippen molar-refractivity contribution in [3.8, 4) is 0 Å². The van der Waals surface area contributed by atoms with Gasteiger partial charge in [-0.25, -0.2) is 9.59 Å². The number of hydrogen-bond donors (Lipinski definition) is 2. The molecule has 1 fully saturated rings. The first-order chi connectivity index (χ1) is 7.88. The van der Waals surface area contributed by atoms with Crippen LogP contribution in [0.2, 0.25) is 0 Å². The number of aliphatic carboxylic acids is 1. The van der Waals surface area contributed by atoms with Crippen LogP contribution in [0, 0.1) is 0 Å². The highest BCUT2D eigenvalue weighted by atomic mass is 16.4. The van der Waals surface area contributed by atoms with Crippen LogP contribution >= 0.6 is 0 Å². The number of carbonyl (C=O) groups excluding carboxylic acids is 1. The normalized spacial score (nSPS) is 24.2. The molecule has 2 N–H and O–H groups in total. The fourth-order valence-corrected chi connectivity index (χ4v) is 2.15. The van der Waals surface area contributed by atoms with E-state index in [-0.39, 0.29) is 25.0 Å². The molecule has 1 heterocycles. The predicted octanol–water partition coefficient (Wildman–Crippen LogP) is 0.357. The molecule has 6 heteroatoms. The lowest BCUT2D eigenvalue weighted by Gasteiger charge is -2.32. The van der Waals surface area contributed by atoms with E-state index in [1.807, 2.05) is 20.8 Å². The Labute approximate surface area is 101 Å². The number of rotatable bonds is 3. The second-order valence-corrected chi connectivity index (χ2v) is 4.56. The highest BCUT2D eigenvalue weighted by Gasteiger charge is 2.40. The predicted molar refractivity (Wildman–Crippen MR) is 61.7 cm³/mol. The molecule has 0 bridgehead atoms. The fourth-order valence-electron chi connectivity index (χ4n) is 2.15. The highest BCUT2D eigenvalue weighted by molar-refractivity contribution is 5.83. The van der Waals surface area contributed by atoms with E-state index in [4.69, 9.17) is 5.11 Å². The summed E-state index contributed by atoms with van der Waals surface area (Å²) in [4.78, 5) is 26.0. The number of β-amino-alcohol motifs (C(OH)–C–C–N with tert-alkyl or cyclic N) is 1. The smallest absolute Gasteiger partial charge is 0.326 e. The zero-order valence-electron chi connectivity index (χ0n) is 10.5. The zero-order chi connectivity index (χ0) is 13.2. The quantitative estimate of drug-likeness (QED) is 0.751. The van der Waals surface area contributed by atoms with Gasteiger partial charge in [0.2, 0.25) is 0 Å². The van der Waals surface area contributed by atoms with Crippen molar-refractivity contribution in [2.75, 3.05) is 13.1 Å². The number of nitrogens with zero attached hydrogens (tertiary/aromatic N) is 2. The van der Waals surface area contributed by atoms with Crippen molar-refractivity contribution in [1.82, 2.24) is 9.80 Å². The third kappa shape index (κ3) is 2.88. The molecule has 1 aliphatic heterocycles. The van der Waals surface area contributed by atoms with Gasteiger partial charge >= 0.3 is 12.0 Å². The summed E-state index contributed by atoms with van der Waals surface area (Å²) in [5.74, 6) is -1.06. The van der Waals surface area contributed by atoms with E-state index in [0.717, 1.165) is 0 Å². The monoisotopic (exact) mass is 244 g/mol. The minimum absolute atomic E-state index is 0.0136. The Morgan fingerprint density at radius 2 is 2.06 bits per heavy atom. The Morgan fingerprint density at radius 1 is 1.47 bits per heavy atom. The SMILES string of the molecule is CCN(C(=O)N1CC(O)C[C@H]1C(=O)O)C(C)C. The van der Waals surface area contributed by atoms with Gasteiger partial charge in [0.15, 0.2) is 0 Å². The van der Waals surface area contributed by atoms with Gasteiger partial charge in [-0.05, 0) is 20.8 Å². The van der Waals surface area contributed by atoms with Crippen LogP contribution in [-0.4, -0.2) is 63.3 Å². The lowest BCUT2D eigenvalue weighted by Crippen LogP contribution is -2.50. The molecule has 0 saturated carbocycles. The molecule has 6 nitrogen and oxygen atoms in total. The van der Waals surface area contributed by atoms with E-state index in [0.29, 0.717) is 6.54 Å². The van der Waals surface area contributed by atoms with E-state index >= 15 is 0 Å². The summed E-state index contributed by atoms with van der Waals surface area (Å²) < 4.78 is 0. The largest absolute Gasteiger partial charge is 0.480 e. The molecule has 0 aliphatic carbocycles. The fraction of sp³-hybridized carbons (Fsp3) is 0.818. The van der Waals surface area contributed by atoms with Crippen molar-refractivity contribution in [3.05, 3.63) is 0 Å². The molecule has 1 unspecified atom stereocenters. The maximum Gasteiger partial charge on any atom is 0.326 e. The summed E-state index contributed by atoms with van der Waals surface area (Å²) in [6.07, 6.45) is -0.637. The number of aliphatic hydroxyl groups is 1. The molecule has 17 heavy (non-hydrogen) atoms. The first kappa shape index (κ1) is 13.8. The maximum atomic E-state index is 12.2. The number of carboxylic acid groups (broad SMARTS) is 1. The molecule has 1 rings (SSSR count). The Hall–Kier alpha value is -1.30. The summed E-state index contributed by atoms with van der Waals surface area (Å²) in [5.41, 5.74) is 0. The number of carbonyl (C=O) groups is 2. The molecule has 0 aromatic carbocycles. The van der Waals surface area contributed by atoms with Crippen LogP contribution in [0.15, 0.2) is 0 Å². The maximum absolute atomic E-state index is 12.2. The van der Waals surface area contributed by atoms with Crippen molar-refractivity contribution in [2.45, 2.75) is 45.4 Å². The van der Waals surface area contributed by atoms with Crippen LogP contribution in [0.1, 0.15) is 27.2 Å². The second-order valence-electron chi connectivity index (χ2n) is 4.56. The minimum atomic E-state index is -1.06. The summed E-state index contributed by atoms with van der Waals surface area (Å²) >= 11 is 0. The standard InChI is InChI=1S/C11H20N2O4/c1-4-12(7(2)3)11(17)13-6-8(14)5-9(13)10(15)16/h7-9,14H,4-6H2,1-3H3,(H,15,16)/t8?,9-/m0/s1. The average molecular weight is 244 g/mol. The van der Waals surface area contributed by atoms with Crippen LogP contribution < -0.4 is 0 Å². The van der Waals surface area contributed by atoms with Gasteiger partial charge in [0.25, 0.3) is 0 Å². The summed E-state index contributed by atoms with van der Waals surface area (Å²) in [7, 11) is 0. The summed E-state index contributed by atoms with van der Waals surface area (Å²) in [5, 5.41) is 18.5. The van der Waals surface area contributed by atoms with Crippen LogP contribution in [0.5, 0.6) is 0 Å². The first-order valence-corrected chi connectivity index (χ1v) is 5.86. The van der Waals surface area contributed by atoms with E-state index < -0.39 is 18.1 Å². The number of hydrogen-bond acceptors (Lipinski definition) is 3. The lowest BCUT2D eigenvalue weighted by molar-refractivity contribution is -0.141. The van der Waals surface area contributed by atoms with Crippen molar-refractivity contribution >= 4 is 12.0 Å². The zero-order valence-corrected chi connectivity index (χ0v) is 10.5. The average Bonchev–Trinajstić information content (AvgIpc) is 2.60. The number of urea groups is 1. The van der Waals surface area contributed by atoms with Gasteiger partial charge in [-0.1, -0.05) is 0 Å². The van der Waals surface area contributed by atoms with E-state index in [1.165, 1.54) is 4.90 Å². The van der Waals surface area contributed by atoms with Gasteiger partial charge in [-0.15, -0.1) is 0 Å². The molecule has 2 amide bonds. The number of likely N-dealkylation sites (tertiary alicyclic amines) is 1. The van der Waals surface area contributed by atoms with E-state index in [9.17, 15) is 14.7 Å². The molecule has 0 radical (unpaired) electrons. The van der Waals surface area contributed by atoms with Gasteiger partial charge in [0.05, 0.1) is 6.10 Å². The van der Waals surface area contributed by atoms with Crippen molar-refractivity contribution < 1.29 is 19.8 Å². The van der Waals surface area contributed by atoms with Gasteiger partial charge < -0.3 is 20.0 Å². The second kappa shape index (κ2) is 5.35. The third-order valence-electron chi connectivity index (χ3n) is 3.02. The number of amides is 2. The highest BCUT2D eigenvalue weighted by Crippen LogP contribution is 2.20. The van der Waals surface area contributed by atoms with Crippen molar-refractivity contribution in [2.24, 2.45) is 0 Å². The molecule has 0 aromatic rings. The van der Waals surface area contributed by atoms with Gasteiger partial charge in [0, 0.05) is 25.6 Å². The Morgan fingerprint density at radius 3 is 2.47 bits per heavy atom. The van der Waals surface area contributed by atoms with Crippen LogP contribution in [0.25, 0.3) is 0 Å². The van der Waals surface area contributed by atoms with Gasteiger partial charge in [-0.2, -0.15) is 0 Å². The van der Waals surface area contributed by atoms with Crippen molar-refractivity contribution in [3.63, 3.8) is 0 Å². The van der Waals surface area contributed by atoms with Gasteiger partial charge in [0.1, 0.15) is 6.04 Å². The topological polar surface area (TPSA) is 81.1 Å². The van der Waals surface area contributed by atoms with Crippen molar-refractivity contribution in [1.29, 1.82) is 0 Å². The number of carboxylic acids is 1. The number of aliphatic hydroxyl groups excluding tert-OH is 1. The minimum Gasteiger partial charge on any atom is -0.480 e. The Balaban J connectivity index is 2.83. The molecule has 0 spiro atoms. The lowest BCUT2D eigenvalue weighted by atomic mass is 10.2. The van der Waals surface area contributed by atoms with E-state index in [2.05, 4.69) is 0 Å². The first-order valence-electron chi connectivity index (χ1n) is 5.86. The van der Waals surface area contributed by atoms with E-state index in [1.54, 1.807) is 4.90 Å². The third-order valence-corrected chi connectivity index (χ3v) is 3.02. The molecular weight excluding hydrogens is 224 g/mol. The Bertz CT molecular complexity index is 306. The molecule has 1 aliphatic rings. The van der Waals surface area contributed by atoms with Crippen LogP contribution in [0.4, 0.5) is 4.79 Å². The summed E-state index contributed by atoms with van der Waals surface area (Å²) in [6.45, 7) is 6.22. The van der Waals surface area contributed by atoms with Crippen LogP contribution in [-0.2, 0) is 4.79 Å².